The fourth-order valence-electron chi connectivity index (χ4n) is 5.60. The molecule has 10 heteroatoms. The molecule has 0 saturated carbocycles. The number of hydrogen-bond donors (Lipinski definition) is 0. The van der Waals surface area contributed by atoms with Gasteiger partial charge in [0.2, 0.25) is 0 Å². The summed E-state index contributed by atoms with van der Waals surface area (Å²) < 4.78 is 34.8. The number of carbonyl (C=O) groups is 1. The van der Waals surface area contributed by atoms with Crippen LogP contribution in [0.5, 0.6) is 11.5 Å². The lowest BCUT2D eigenvalue weighted by atomic mass is 9.95. The predicted molar refractivity (Wildman–Crippen MR) is 167 cm³/mol. The number of fused-ring (bicyclic) bond motifs is 2. The summed E-state index contributed by atoms with van der Waals surface area (Å²) in [5.41, 5.74) is 3.39. The fourth-order valence-corrected chi connectivity index (χ4v) is 6.64. The monoisotopic (exact) mass is 611 g/mol. The van der Waals surface area contributed by atoms with Gasteiger partial charge in [-0.1, -0.05) is 53.8 Å². The highest BCUT2D eigenvalue weighted by Gasteiger charge is 2.34. The maximum atomic E-state index is 14.5. The molecule has 0 saturated heterocycles. The van der Waals surface area contributed by atoms with E-state index in [-0.39, 0.29) is 23.6 Å². The average Bonchev–Trinajstić information content (AvgIpc) is 3.53. The maximum Gasteiger partial charge on any atom is 0.338 e. The number of benzene rings is 3. The van der Waals surface area contributed by atoms with Crippen molar-refractivity contribution in [2.24, 2.45) is 4.99 Å². The molecule has 0 N–H and O–H groups in total. The number of nitrogens with zero attached hydrogens (tertiary/aromatic N) is 3. The van der Waals surface area contributed by atoms with Crippen molar-refractivity contribution in [2.75, 3.05) is 20.8 Å². The number of esters is 1. The largest absolute Gasteiger partial charge is 0.493 e. The number of rotatable bonds is 8. The van der Waals surface area contributed by atoms with Gasteiger partial charge in [-0.25, -0.2) is 14.2 Å². The van der Waals surface area contributed by atoms with E-state index in [1.807, 2.05) is 47.2 Å². The second-order valence-corrected chi connectivity index (χ2v) is 11.2. The van der Waals surface area contributed by atoms with Crippen LogP contribution in [-0.2, 0) is 16.1 Å². The van der Waals surface area contributed by atoms with Crippen molar-refractivity contribution in [3.8, 4) is 11.5 Å². The first-order valence-corrected chi connectivity index (χ1v) is 14.9. The van der Waals surface area contributed by atoms with E-state index in [1.54, 1.807) is 51.3 Å². The lowest BCUT2D eigenvalue weighted by Crippen LogP contribution is -2.39. The van der Waals surface area contributed by atoms with Gasteiger partial charge in [0.1, 0.15) is 5.82 Å². The minimum atomic E-state index is -0.797. The Hall–Kier alpha value is -4.96. The van der Waals surface area contributed by atoms with Crippen molar-refractivity contribution in [3.63, 3.8) is 0 Å². The molecule has 0 bridgehead atoms. The summed E-state index contributed by atoms with van der Waals surface area (Å²) in [6.45, 7) is 3.99. The van der Waals surface area contributed by atoms with Gasteiger partial charge in [0.15, 0.2) is 16.3 Å². The minimum absolute atomic E-state index is 0.176. The first kappa shape index (κ1) is 29.1. The molecule has 0 fully saturated rings. The summed E-state index contributed by atoms with van der Waals surface area (Å²) in [5.74, 6) is 0.170. The Labute approximate surface area is 256 Å². The summed E-state index contributed by atoms with van der Waals surface area (Å²) in [6, 6.07) is 19.0. The highest BCUT2D eigenvalue weighted by Crippen LogP contribution is 2.36. The molecule has 5 aromatic rings. The molecule has 0 amide bonds. The molecule has 1 aliphatic heterocycles. The SMILES string of the molecule is CCOC(=O)C1=C(C)N=c2s/c(=C\c3cn(Cc4ccccc4F)c4ccccc34)c(=O)n2[C@@H]1c1ccc(OC)c(OC)c1. The van der Waals surface area contributed by atoms with E-state index >= 15 is 0 Å². The third kappa shape index (κ3) is 5.11. The Kier molecular flexibility index (Phi) is 7.92. The van der Waals surface area contributed by atoms with E-state index in [0.29, 0.717) is 44.2 Å². The number of allylic oxidation sites excluding steroid dienone is 1. The molecule has 0 unspecified atom stereocenters. The fraction of sp³-hybridized carbons (Fsp3) is 0.206. The van der Waals surface area contributed by atoms with E-state index in [1.165, 1.54) is 29.1 Å². The quantitative estimate of drug-likeness (QED) is 0.232. The van der Waals surface area contributed by atoms with Gasteiger partial charge < -0.3 is 18.8 Å². The summed E-state index contributed by atoms with van der Waals surface area (Å²) >= 11 is 1.24. The van der Waals surface area contributed by atoms with Crippen LogP contribution in [0.15, 0.2) is 94.0 Å². The van der Waals surface area contributed by atoms with Gasteiger partial charge in [-0.3, -0.25) is 9.36 Å². The van der Waals surface area contributed by atoms with E-state index in [0.717, 1.165) is 16.5 Å². The molecule has 1 atom stereocenters. The summed E-state index contributed by atoms with van der Waals surface area (Å²) in [5, 5.41) is 0.925. The zero-order chi connectivity index (χ0) is 31.0. The average molecular weight is 612 g/mol. The number of ether oxygens (including phenoxy) is 3. The molecule has 2 aromatic heterocycles. The van der Waals surface area contributed by atoms with Gasteiger partial charge in [-0.05, 0) is 49.8 Å². The molecule has 44 heavy (non-hydrogen) atoms. The summed E-state index contributed by atoms with van der Waals surface area (Å²) in [4.78, 5) is 32.6. The lowest BCUT2D eigenvalue weighted by molar-refractivity contribution is -0.139. The van der Waals surface area contributed by atoms with Crippen LogP contribution in [0.25, 0.3) is 17.0 Å². The number of methoxy groups -OCH3 is 2. The summed E-state index contributed by atoms with van der Waals surface area (Å²) in [6.07, 6.45) is 3.76. The van der Waals surface area contributed by atoms with Crippen LogP contribution in [0.1, 0.15) is 36.6 Å². The minimum Gasteiger partial charge on any atom is -0.493 e. The van der Waals surface area contributed by atoms with Crippen LogP contribution in [-0.4, -0.2) is 35.9 Å². The number of thiazole rings is 1. The number of halogens is 1. The Morgan fingerprint density at radius 2 is 1.80 bits per heavy atom. The molecule has 224 valence electrons. The van der Waals surface area contributed by atoms with Crippen LogP contribution in [0.3, 0.4) is 0 Å². The predicted octanol–water partition coefficient (Wildman–Crippen LogP) is 4.96. The van der Waals surface area contributed by atoms with Crippen LogP contribution in [0.2, 0.25) is 0 Å². The second kappa shape index (κ2) is 12.0. The third-order valence-electron chi connectivity index (χ3n) is 7.64. The topological polar surface area (TPSA) is 84.1 Å². The first-order valence-electron chi connectivity index (χ1n) is 14.1. The first-order chi connectivity index (χ1) is 21.3. The Balaban J connectivity index is 1.53. The van der Waals surface area contributed by atoms with Gasteiger partial charge >= 0.3 is 5.97 Å². The molecular weight excluding hydrogens is 581 g/mol. The molecule has 1 aliphatic rings. The third-order valence-corrected chi connectivity index (χ3v) is 8.63. The van der Waals surface area contributed by atoms with Crippen LogP contribution in [0.4, 0.5) is 4.39 Å². The number of hydrogen-bond acceptors (Lipinski definition) is 7. The zero-order valence-electron chi connectivity index (χ0n) is 24.7. The highest BCUT2D eigenvalue weighted by molar-refractivity contribution is 7.07. The molecule has 6 rings (SSSR count). The van der Waals surface area contributed by atoms with Gasteiger partial charge in [0.05, 0.1) is 49.2 Å². The Morgan fingerprint density at radius 1 is 1.05 bits per heavy atom. The van der Waals surface area contributed by atoms with Crippen LogP contribution >= 0.6 is 11.3 Å². The summed E-state index contributed by atoms with van der Waals surface area (Å²) in [7, 11) is 3.07. The van der Waals surface area contributed by atoms with E-state index < -0.39 is 12.0 Å². The van der Waals surface area contributed by atoms with Crippen molar-refractivity contribution in [2.45, 2.75) is 26.4 Å². The van der Waals surface area contributed by atoms with E-state index in [9.17, 15) is 14.0 Å². The van der Waals surface area contributed by atoms with Crippen molar-refractivity contribution >= 4 is 34.3 Å². The van der Waals surface area contributed by atoms with Gasteiger partial charge in [0, 0.05) is 28.2 Å². The normalized spacial score (nSPS) is 14.8. The molecule has 3 heterocycles. The van der Waals surface area contributed by atoms with E-state index in [2.05, 4.69) is 4.99 Å². The van der Waals surface area contributed by atoms with Gasteiger partial charge in [-0.2, -0.15) is 0 Å². The van der Waals surface area contributed by atoms with Gasteiger partial charge in [-0.15, -0.1) is 0 Å². The molecular formula is C34H30FN3O5S. The van der Waals surface area contributed by atoms with Crippen molar-refractivity contribution in [1.82, 2.24) is 9.13 Å². The lowest BCUT2D eigenvalue weighted by Gasteiger charge is -2.25. The molecule has 3 aromatic carbocycles. The second-order valence-electron chi connectivity index (χ2n) is 10.2. The maximum absolute atomic E-state index is 14.5. The van der Waals surface area contributed by atoms with Crippen molar-refractivity contribution < 1.29 is 23.4 Å². The zero-order valence-corrected chi connectivity index (χ0v) is 25.5. The van der Waals surface area contributed by atoms with Crippen molar-refractivity contribution in [3.05, 3.63) is 126 Å². The Morgan fingerprint density at radius 3 is 2.55 bits per heavy atom. The smallest absolute Gasteiger partial charge is 0.338 e. The number of aromatic nitrogens is 2. The van der Waals surface area contributed by atoms with Gasteiger partial charge in [0.25, 0.3) is 5.56 Å². The van der Waals surface area contributed by atoms with Crippen LogP contribution < -0.4 is 24.4 Å². The number of carbonyl (C=O) groups excluding carboxylic acids is 1. The highest BCUT2D eigenvalue weighted by atomic mass is 32.1. The standard InChI is InChI=1S/C34H30FN3O5S/c1-5-43-33(40)30-20(2)36-34-38(31(30)21-14-15-27(41-3)28(16-21)42-4)32(39)29(44-34)17-23-19-37(26-13-9-7-11-24(23)26)18-22-10-6-8-12-25(22)35/h6-17,19,31H,5,18H2,1-4H3/b29-17-/t31-/m1/s1. The van der Waals surface area contributed by atoms with E-state index in [4.69, 9.17) is 14.2 Å². The molecule has 0 spiro atoms. The Bertz CT molecular complexity index is 2120. The van der Waals surface area contributed by atoms with Crippen molar-refractivity contribution in [1.29, 1.82) is 0 Å². The van der Waals surface area contributed by atoms with Crippen LogP contribution in [0, 0.1) is 5.82 Å². The number of para-hydroxylation sites is 1. The molecule has 8 nitrogen and oxygen atoms in total. The molecule has 0 aliphatic carbocycles. The molecule has 0 radical (unpaired) electrons.